The molecular formula is C28H30ClN3O6S. The Kier molecular flexibility index (Phi) is 10.5. The first-order chi connectivity index (χ1) is 18.7. The highest BCUT2D eigenvalue weighted by Gasteiger charge is 2.25. The number of hydrogen-bond donors (Lipinski definition) is 0. The molecule has 0 aliphatic rings. The number of ether oxygens (including phenoxy) is 2. The molecule has 0 radical (unpaired) electrons. The number of benzene rings is 2. The van der Waals surface area contributed by atoms with Gasteiger partial charge < -0.3 is 19.3 Å². The Morgan fingerprint density at radius 1 is 1.10 bits per heavy atom. The maximum Gasteiger partial charge on any atom is 0.288 e. The summed E-state index contributed by atoms with van der Waals surface area (Å²) in [4.78, 5) is 41.6. The topological polar surface area (TPSA) is 102 Å². The lowest BCUT2D eigenvalue weighted by Crippen LogP contribution is -2.43. The van der Waals surface area contributed by atoms with Crippen molar-refractivity contribution in [2.24, 2.45) is 0 Å². The molecule has 0 saturated carbocycles. The molecule has 2 amide bonds. The predicted molar refractivity (Wildman–Crippen MR) is 152 cm³/mol. The van der Waals surface area contributed by atoms with E-state index in [0.29, 0.717) is 31.0 Å². The summed E-state index contributed by atoms with van der Waals surface area (Å²) in [6.07, 6.45) is 2.06. The van der Waals surface area contributed by atoms with Crippen molar-refractivity contribution >= 4 is 40.4 Å². The Morgan fingerprint density at radius 2 is 1.85 bits per heavy atom. The second-order valence-electron chi connectivity index (χ2n) is 8.68. The molecule has 1 heterocycles. The van der Waals surface area contributed by atoms with E-state index in [4.69, 9.17) is 21.1 Å². The number of methoxy groups -OCH3 is 2. The molecule has 11 heteroatoms. The molecule has 0 spiro atoms. The summed E-state index contributed by atoms with van der Waals surface area (Å²) in [5.41, 5.74) is 1.72. The number of nitro benzene ring substituents is 1. The summed E-state index contributed by atoms with van der Waals surface area (Å²) in [5, 5.41) is 13.2. The fourth-order valence-electron chi connectivity index (χ4n) is 3.94. The van der Waals surface area contributed by atoms with Crippen LogP contribution in [0, 0.1) is 17.0 Å². The van der Waals surface area contributed by atoms with Crippen LogP contribution >= 0.6 is 22.9 Å². The van der Waals surface area contributed by atoms with Crippen molar-refractivity contribution in [3.8, 4) is 11.5 Å². The smallest absolute Gasteiger partial charge is 0.288 e. The van der Waals surface area contributed by atoms with Gasteiger partial charge in [0.2, 0.25) is 5.91 Å². The van der Waals surface area contributed by atoms with Crippen LogP contribution in [0.5, 0.6) is 11.5 Å². The minimum absolute atomic E-state index is 0.0618. The van der Waals surface area contributed by atoms with E-state index in [1.807, 2.05) is 36.6 Å². The van der Waals surface area contributed by atoms with Gasteiger partial charge in [0.05, 0.1) is 25.7 Å². The number of amides is 2. The fourth-order valence-corrected chi connectivity index (χ4v) is 5.05. The Balaban J connectivity index is 1.83. The first-order valence-electron chi connectivity index (χ1n) is 12.0. The van der Waals surface area contributed by atoms with Crippen molar-refractivity contribution < 1.29 is 24.0 Å². The molecule has 0 aliphatic carbocycles. The number of rotatable bonds is 13. The third-order valence-electron chi connectivity index (χ3n) is 6.13. The SMILES string of the molecule is C=CCN(CC(=O)N(CCc1ccc(OC)c(OC)c1)Cc1sccc1C)C(=O)c1ccc(Cl)c([N+](=O)[O-])c1. The number of carbonyl (C=O) groups excluding carboxylic acids is 2. The van der Waals surface area contributed by atoms with Crippen LogP contribution in [0.25, 0.3) is 0 Å². The first kappa shape index (κ1) is 29.7. The molecule has 0 N–H and O–H groups in total. The largest absolute Gasteiger partial charge is 0.493 e. The average Bonchev–Trinajstić information content (AvgIpc) is 3.34. The third kappa shape index (κ3) is 7.58. The number of hydrogen-bond acceptors (Lipinski definition) is 7. The minimum atomic E-state index is -0.651. The molecule has 3 aromatic rings. The number of nitrogens with zero attached hydrogens (tertiary/aromatic N) is 3. The van der Waals surface area contributed by atoms with Crippen molar-refractivity contribution in [1.29, 1.82) is 0 Å². The number of halogens is 1. The van der Waals surface area contributed by atoms with Crippen LogP contribution in [0.4, 0.5) is 5.69 Å². The average molecular weight is 572 g/mol. The van der Waals surface area contributed by atoms with E-state index in [1.54, 1.807) is 30.5 Å². The van der Waals surface area contributed by atoms with Crippen molar-refractivity contribution in [1.82, 2.24) is 9.80 Å². The summed E-state index contributed by atoms with van der Waals surface area (Å²) < 4.78 is 10.7. The van der Waals surface area contributed by atoms with Gasteiger partial charge in [0.25, 0.3) is 11.6 Å². The molecule has 206 valence electrons. The predicted octanol–water partition coefficient (Wildman–Crippen LogP) is 5.54. The van der Waals surface area contributed by atoms with Gasteiger partial charge in [0.15, 0.2) is 11.5 Å². The van der Waals surface area contributed by atoms with Gasteiger partial charge in [-0.3, -0.25) is 19.7 Å². The van der Waals surface area contributed by atoms with Gasteiger partial charge in [-0.05, 0) is 60.2 Å². The molecule has 0 atom stereocenters. The summed E-state index contributed by atoms with van der Waals surface area (Å²) in [6, 6.07) is 11.4. The maximum absolute atomic E-state index is 13.6. The van der Waals surface area contributed by atoms with Gasteiger partial charge in [0, 0.05) is 29.6 Å². The molecule has 0 saturated heterocycles. The summed E-state index contributed by atoms with van der Waals surface area (Å²) in [7, 11) is 3.14. The lowest BCUT2D eigenvalue weighted by atomic mass is 10.1. The highest BCUT2D eigenvalue weighted by atomic mass is 35.5. The molecule has 3 rings (SSSR count). The van der Waals surface area contributed by atoms with Crippen molar-refractivity contribution in [2.45, 2.75) is 19.9 Å². The molecular weight excluding hydrogens is 542 g/mol. The zero-order chi connectivity index (χ0) is 28.5. The van der Waals surface area contributed by atoms with Gasteiger partial charge in [0.1, 0.15) is 11.6 Å². The van der Waals surface area contributed by atoms with Crippen molar-refractivity contribution in [2.75, 3.05) is 33.9 Å². The zero-order valence-electron chi connectivity index (χ0n) is 22.0. The van der Waals surface area contributed by atoms with E-state index in [0.717, 1.165) is 22.1 Å². The molecule has 1 aromatic heterocycles. The molecule has 9 nitrogen and oxygen atoms in total. The molecule has 0 unspecified atom stereocenters. The maximum atomic E-state index is 13.6. The van der Waals surface area contributed by atoms with E-state index in [1.165, 1.54) is 23.1 Å². The minimum Gasteiger partial charge on any atom is -0.493 e. The Bertz CT molecular complexity index is 1360. The third-order valence-corrected chi connectivity index (χ3v) is 7.45. The highest BCUT2D eigenvalue weighted by Crippen LogP contribution is 2.28. The normalized spacial score (nSPS) is 10.6. The number of thiophene rings is 1. The molecule has 39 heavy (non-hydrogen) atoms. The zero-order valence-corrected chi connectivity index (χ0v) is 23.6. The second kappa shape index (κ2) is 13.8. The van der Waals surface area contributed by atoms with Crippen molar-refractivity contribution in [3.05, 3.63) is 97.2 Å². The number of aryl methyl sites for hydroxylation is 1. The van der Waals surface area contributed by atoms with E-state index in [2.05, 4.69) is 6.58 Å². The standard InChI is InChI=1S/C28H30ClN3O6S/c1-5-12-31(28(34)21-7-8-22(29)23(16-21)32(35)36)18-27(33)30(17-26-19(2)11-14-39-26)13-10-20-6-9-24(37-3)25(15-20)38-4/h5-9,11,14-16H,1,10,12-13,17-18H2,2-4H3. The van der Waals surface area contributed by atoms with E-state index < -0.39 is 10.8 Å². The van der Waals surface area contributed by atoms with Crippen LogP contribution in [0.2, 0.25) is 5.02 Å². The summed E-state index contributed by atoms with van der Waals surface area (Å²) in [5.74, 6) is 0.420. The monoisotopic (exact) mass is 571 g/mol. The van der Waals surface area contributed by atoms with Gasteiger partial charge in [-0.2, -0.15) is 0 Å². The first-order valence-corrected chi connectivity index (χ1v) is 13.3. The van der Waals surface area contributed by atoms with E-state index >= 15 is 0 Å². The molecule has 0 bridgehead atoms. The van der Waals surface area contributed by atoms with Crippen LogP contribution in [0.15, 0.2) is 60.5 Å². The van der Waals surface area contributed by atoms with E-state index in [9.17, 15) is 19.7 Å². The molecule has 2 aromatic carbocycles. The Morgan fingerprint density at radius 3 is 2.46 bits per heavy atom. The Hall–Kier alpha value is -3.89. The van der Waals surface area contributed by atoms with Gasteiger partial charge in [-0.1, -0.05) is 23.7 Å². The summed E-state index contributed by atoms with van der Waals surface area (Å²) in [6.45, 7) is 6.33. The van der Waals surface area contributed by atoms with Crippen LogP contribution in [0.3, 0.4) is 0 Å². The van der Waals surface area contributed by atoms with Crippen LogP contribution in [0.1, 0.15) is 26.4 Å². The number of carbonyl (C=O) groups is 2. The van der Waals surface area contributed by atoms with Crippen LogP contribution in [-0.4, -0.2) is 60.4 Å². The highest BCUT2D eigenvalue weighted by molar-refractivity contribution is 7.10. The quantitative estimate of drug-likeness (QED) is 0.152. The van der Waals surface area contributed by atoms with Crippen LogP contribution < -0.4 is 9.47 Å². The fraction of sp³-hybridized carbons (Fsp3) is 0.286. The number of nitro groups is 1. The van der Waals surface area contributed by atoms with Gasteiger partial charge in [-0.15, -0.1) is 17.9 Å². The van der Waals surface area contributed by atoms with Gasteiger partial charge >= 0.3 is 0 Å². The second-order valence-corrected chi connectivity index (χ2v) is 10.1. The van der Waals surface area contributed by atoms with E-state index in [-0.39, 0.29) is 35.3 Å². The summed E-state index contributed by atoms with van der Waals surface area (Å²) >= 11 is 7.47. The Labute approximate surface area is 236 Å². The lowest BCUT2D eigenvalue weighted by molar-refractivity contribution is -0.384. The van der Waals surface area contributed by atoms with Gasteiger partial charge in [-0.25, -0.2) is 0 Å². The lowest BCUT2D eigenvalue weighted by Gasteiger charge is -2.27. The molecule has 0 fully saturated rings. The van der Waals surface area contributed by atoms with Crippen molar-refractivity contribution in [3.63, 3.8) is 0 Å². The molecule has 0 aliphatic heterocycles. The van der Waals surface area contributed by atoms with Crippen LogP contribution in [-0.2, 0) is 17.8 Å².